The maximum atomic E-state index is 13.3. The molecular formula is C25H21Cl2N3O4. The minimum absolute atomic E-state index is 0.150. The summed E-state index contributed by atoms with van der Waals surface area (Å²) in [4.78, 5) is 42.0. The first kappa shape index (κ1) is 23.6. The summed E-state index contributed by atoms with van der Waals surface area (Å²) in [6, 6.07) is 18.7. The molecule has 3 aromatic rings. The van der Waals surface area contributed by atoms with Crippen LogP contribution in [0.2, 0.25) is 10.0 Å². The lowest BCUT2D eigenvalue weighted by Gasteiger charge is -2.22. The first-order chi connectivity index (χ1) is 16.4. The predicted molar refractivity (Wildman–Crippen MR) is 131 cm³/mol. The second-order valence-electron chi connectivity index (χ2n) is 7.68. The Morgan fingerprint density at radius 2 is 1.50 bits per heavy atom. The van der Waals surface area contributed by atoms with Crippen LogP contribution < -0.4 is 15.0 Å². The van der Waals surface area contributed by atoms with Gasteiger partial charge >= 0.3 is 6.03 Å². The van der Waals surface area contributed by atoms with Crippen LogP contribution in [0.5, 0.6) is 5.75 Å². The van der Waals surface area contributed by atoms with E-state index >= 15 is 0 Å². The topological polar surface area (TPSA) is 79.0 Å². The predicted octanol–water partition coefficient (Wildman–Crippen LogP) is 5.37. The van der Waals surface area contributed by atoms with E-state index in [2.05, 4.69) is 5.32 Å². The van der Waals surface area contributed by atoms with Crippen molar-refractivity contribution in [1.82, 2.24) is 4.90 Å². The standard InChI is InChI=1S/C25H21Cl2N3O4/c1-34-21-12-2-16(3-13-21)15-29-22(14-23(31)28-19-8-4-17(26)5-9-19)24(32)30(25(29)33)20-10-6-18(27)7-11-20/h2-13,22H,14-15H2,1H3,(H,28,31)/t22-/m0/s1. The Hall–Kier alpha value is -3.55. The third-order valence-corrected chi connectivity index (χ3v) is 5.93. The number of hydrogen-bond donors (Lipinski definition) is 1. The van der Waals surface area contributed by atoms with Gasteiger partial charge in [0.25, 0.3) is 5.91 Å². The molecule has 1 aliphatic rings. The maximum Gasteiger partial charge on any atom is 0.332 e. The van der Waals surface area contributed by atoms with E-state index in [4.69, 9.17) is 27.9 Å². The van der Waals surface area contributed by atoms with Crippen molar-refractivity contribution in [3.63, 3.8) is 0 Å². The molecule has 3 aromatic carbocycles. The van der Waals surface area contributed by atoms with Gasteiger partial charge in [-0.1, -0.05) is 35.3 Å². The van der Waals surface area contributed by atoms with Crippen LogP contribution in [0, 0.1) is 0 Å². The molecule has 1 heterocycles. The van der Waals surface area contributed by atoms with E-state index in [1.165, 1.54) is 4.90 Å². The van der Waals surface area contributed by atoms with Gasteiger partial charge in [0.2, 0.25) is 5.91 Å². The highest BCUT2D eigenvalue weighted by Gasteiger charge is 2.46. The molecule has 1 aliphatic heterocycles. The lowest BCUT2D eigenvalue weighted by molar-refractivity contribution is -0.124. The smallest absolute Gasteiger partial charge is 0.332 e. The van der Waals surface area contributed by atoms with E-state index in [0.717, 1.165) is 10.5 Å². The molecule has 1 atom stereocenters. The Kier molecular flexibility index (Phi) is 7.05. The van der Waals surface area contributed by atoms with Crippen molar-refractivity contribution in [3.05, 3.63) is 88.4 Å². The van der Waals surface area contributed by atoms with Gasteiger partial charge in [-0.3, -0.25) is 9.59 Å². The number of methoxy groups -OCH3 is 1. The molecule has 4 amide bonds. The number of ether oxygens (including phenoxy) is 1. The third kappa shape index (κ3) is 5.16. The Morgan fingerprint density at radius 1 is 0.912 bits per heavy atom. The zero-order valence-electron chi connectivity index (χ0n) is 18.2. The molecule has 1 saturated heterocycles. The van der Waals surface area contributed by atoms with Crippen LogP contribution in [0.4, 0.5) is 16.2 Å². The Labute approximate surface area is 206 Å². The van der Waals surface area contributed by atoms with Crippen LogP contribution in [-0.2, 0) is 16.1 Å². The number of carbonyl (C=O) groups excluding carboxylic acids is 3. The summed E-state index contributed by atoms with van der Waals surface area (Å²) in [6.07, 6.45) is -0.201. The zero-order chi connectivity index (χ0) is 24.2. The minimum Gasteiger partial charge on any atom is -0.497 e. The average molecular weight is 498 g/mol. The number of halogens is 2. The van der Waals surface area contributed by atoms with E-state index in [1.54, 1.807) is 67.8 Å². The van der Waals surface area contributed by atoms with E-state index in [0.29, 0.717) is 27.2 Å². The van der Waals surface area contributed by atoms with Gasteiger partial charge in [0.1, 0.15) is 11.8 Å². The third-order valence-electron chi connectivity index (χ3n) is 5.42. The average Bonchev–Trinajstić information content (AvgIpc) is 3.05. The number of nitrogens with zero attached hydrogens (tertiary/aromatic N) is 2. The molecule has 0 bridgehead atoms. The number of urea groups is 1. The van der Waals surface area contributed by atoms with E-state index in [9.17, 15) is 14.4 Å². The van der Waals surface area contributed by atoms with Crippen molar-refractivity contribution in [2.75, 3.05) is 17.3 Å². The zero-order valence-corrected chi connectivity index (χ0v) is 19.7. The van der Waals surface area contributed by atoms with Gasteiger partial charge in [0.15, 0.2) is 0 Å². The van der Waals surface area contributed by atoms with E-state index in [-0.39, 0.29) is 13.0 Å². The highest BCUT2D eigenvalue weighted by molar-refractivity contribution is 6.31. The van der Waals surface area contributed by atoms with Gasteiger partial charge in [-0.2, -0.15) is 0 Å². The molecule has 0 aromatic heterocycles. The maximum absolute atomic E-state index is 13.3. The van der Waals surface area contributed by atoms with Gasteiger partial charge in [0, 0.05) is 22.3 Å². The summed E-state index contributed by atoms with van der Waals surface area (Å²) in [5.41, 5.74) is 1.73. The summed E-state index contributed by atoms with van der Waals surface area (Å²) >= 11 is 11.9. The molecule has 4 rings (SSSR count). The molecule has 0 unspecified atom stereocenters. The van der Waals surface area contributed by atoms with Crippen LogP contribution in [0.3, 0.4) is 0 Å². The van der Waals surface area contributed by atoms with Crippen molar-refractivity contribution in [3.8, 4) is 5.75 Å². The lowest BCUT2D eigenvalue weighted by Crippen LogP contribution is -2.37. The fourth-order valence-corrected chi connectivity index (χ4v) is 3.94. The summed E-state index contributed by atoms with van der Waals surface area (Å²) in [5, 5.41) is 3.78. The lowest BCUT2D eigenvalue weighted by atomic mass is 10.1. The number of anilines is 2. The number of benzene rings is 3. The first-order valence-corrected chi connectivity index (χ1v) is 11.2. The molecule has 9 heteroatoms. The monoisotopic (exact) mass is 497 g/mol. The van der Waals surface area contributed by atoms with Gasteiger partial charge in [-0.25, -0.2) is 9.69 Å². The second-order valence-corrected chi connectivity index (χ2v) is 8.56. The molecule has 1 fully saturated rings. The fraction of sp³-hybridized carbons (Fsp3) is 0.160. The number of nitrogens with one attached hydrogen (secondary N) is 1. The number of amides is 4. The van der Waals surface area contributed by atoms with Crippen molar-refractivity contribution >= 4 is 52.4 Å². The molecule has 174 valence electrons. The van der Waals surface area contributed by atoms with Crippen molar-refractivity contribution in [1.29, 1.82) is 0 Å². The highest BCUT2D eigenvalue weighted by Crippen LogP contribution is 2.30. The van der Waals surface area contributed by atoms with Crippen molar-refractivity contribution in [2.45, 2.75) is 19.0 Å². The molecule has 0 radical (unpaired) electrons. The summed E-state index contributed by atoms with van der Waals surface area (Å²) < 4.78 is 5.18. The first-order valence-electron chi connectivity index (χ1n) is 10.4. The number of imide groups is 1. The normalized spacial score (nSPS) is 15.6. The fourth-order valence-electron chi connectivity index (χ4n) is 3.69. The Morgan fingerprint density at radius 3 is 2.09 bits per heavy atom. The largest absolute Gasteiger partial charge is 0.497 e. The quantitative estimate of drug-likeness (QED) is 0.445. The summed E-state index contributed by atoms with van der Waals surface area (Å²) in [6.45, 7) is 0.150. The number of hydrogen-bond acceptors (Lipinski definition) is 4. The van der Waals surface area contributed by atoms with Crippen molar-refractivity contribution < 1.29 is 19.1 Å². The van der Waals surface area contributed by atoms with Crippen molar-refractivity contribution in [2.24, 2.45) is 0 Å². The van der Waals surface area contributed by atoms with Gasteiger partial charge in [-0.15, -0.1) is 0 Å². The Bertz CT molecular complexity index is 1200. The van der Waals surface area contributed by atoms with Gasteiger partial charge in [-0.05, 0) is 66.2 Å². The summed E-state index contributed by atoms with van der Waals surface area (Å²) in [7, 11) is 1.57. The van der Waals surface area contributed by atoms with Crippen LogP contribution in [-0.4, -0.2) is 35.9 Å². The van der Waals surface area contributed by atoms with E-state index in [1.807, 2.05) is 12.1 Å². The SMILES string of the molecule is COc1ccc(CN2C(=O)N(c3ccc(Cl)cc3)C(=O)[C@@H]2CC(=O)Nc2ccc(Cl)cc2)cc1. The molecule has 0 saturated carbocycles. The summed E-state index contributed by atoms with van der Waals surface area (Å²) in [5.74, 6) is -0.201. The van der Waals surface area contributed by atoms with Crippen LogP contribution >= 0.6 is 23.2 Å². The molecule has 0 spiro atoms. The van der Waals surface area contributed by atoms with E-state index < -0.39 is 23.9 Å². The van der Waals surface area contributed by atoms with Crippen LogP contribution in [0.25, 0.3) is 0 Å². The number of carbonyl (C=O) groups is 3. The minimum atomic E-state index is -0.974. The van der Waals surface area contributed by atoms with Crippen LogP contribution in [0.15, 0.2) is 72.8 Å². The molecule has 1 N–H and O–H groups in total. The molecular weight excluding hydrogens is 477 g/mol. The van der Waals surface area contributed by atoms with Crippen LogP contribution in [0.1, 0.15) is 12.0 Å². The highest BCUT2D eigenvalue weighted by atomic mass is 35.5. The van der Waals surface area contributed by atoms with Gasteiger partial charge < -0.3 is 15.0 Å². The van der Waals surface area contributed by atoms with Gasteiger partial charge in [0.05, 0.1) is 19.2 Å². The molecule has 7 nitrogen and oxygen atoms in total. The molecule has 34 heavy (non-hydrogen) atoms. The Balaban J connectivity index is 1.59. The molecule has 0 aliphatic carbocycles. The number of rotatable bonds is 7. The second kappa shape index (κ2) is 10.2.